The predicted molar refractivity (Wildman–Crippen MR) is 116 cm³/mol. The highest BCUT2D eigenvalue weighted by Crippen LogP contribution is 2.07. The van der Waals surface area contributed by atoms with E-state index in [0.29, 0.717) is 43.6 Å². The molecule has 0 fully saturated rings. The lowest BCUT2D eigenvalue weighted by Crippen LogP contribution is -2.52. The van der Waals surface area contributed by atoms with Crippen molar-refractivity contribution in [3.63, 3.8) is 0 Å². The van der Waals surface area contributed by atoms with Gasteiger partial charge in [0.1, 0.15) is 5.60 Å². The van der Waals surface area contributed by atoms with E-state index in [-0.39, 0.29) is 5.91 Å². The zero-order valence-electron chi connectivity index (χ0n) is 19.0. The number of benzene rings is 1. The van der Waals surface area contributed by atoms with Crippen molar-refractivity contribution in [1.82, 2.24) is 20.9 Å². The van der Waals surface area contributed by atoms with E-state index in [4.69, 9.17) is 4.74 Å². The molecule has 0 aliphatic heterocycles. The number of nitrogens with one attached hydrogen (secondary N) is 2. The summed E-state index contributed by atoms with van der Waals surface area (Å²) in [6, 6.07) is 9.15. The molecular weight excluding hydrogens is 368 g/mol. The minimum absolute atomic E-state index is 0.137. The van der Waals surface area contributed by atoms with E-state index in [9.17, 15) is 9.59 Å². The Balaban J connectivity index is 2.73. The molecule has 0 radical (unpaired) electrons. The third kappa shape index (κ3) is 11.5. The van der Waals surface area contributed by atoms with Gasteiger partial charge in [-0.3, -0.25) is 15.6 Å². The average Bonchev–Trinajstić information content (AvgIpc) is 2.57. The summed E-state index contributed by atoms with van der Waals surface area (Å²) >= 11 is 0. The molecule has 164 valence electrons. The van der Waals surface area contributed by atoms with Gasteiger partial charge in [0.25, 0.3) is 5.91 Å². The maximum atomic E-state index is 12.5. The summed E-state index contributed by atoms with van der Waals surface area (Å²) in [6.45, 7) is 16.4. The second-order valence-corrected chi connectivity index (χ2v) is 9.10. The van der Waals surface area contributed by atoms with Gasteiger partial charge in [-0.2, -0.15) is 0 Å². The molecule has 0 saturated carbocycles. The van der Waals surface area contributed by atoms with Crippen molar-refractivity contribution >= 4 is 12.0 Å². The van der Waals surface area contributed by atoms with E-state index < -0.39 is 11.7 Å². The fourth-order valence-corrected chi connectivity index (χ4v) is 2.74. The van der Waals surface area contributed by atoms with Gasteiger partial charge in [0.2, 0.25) is 0 Å². The first-order chi connectivity index (χ1) is 13.5. The van der Waals surface area contributed by atoms with Crippen molar-refractivity contribution in [3.8, 4) is 0 Å². The quantitative estimate of drug-likeness (QED) is 0.580. The first-order valence-corrected chi connectivity index (χ1v) is 10.3. The molecule has 1 aromatic carbocycles. The van der Waals surface area contributed by atoms with E-state index in [1.165, 1.54) is 0 Å². The van der Waals surface area contributed by atoms with Crippen LogP contribution in [0.15, 0.2) is 30.3 Å². The third-order valence-electron chi connectivity index (χ3n) is 3.75. The molecule has 0 unspecified atom stereocenters. The van der Waals surface area contributed by atoms with Crippen LogP contribution in [-0.2, 0) is 4.74 Å². The Bertz CT molecular complexity index is 627. The second-order valence-electron chi connectivity index (χ2n) is 9.10. The van der Waals surface area contributed by atoms with Gasteiger partial charge in [-0.05, 0) is 44.7 Å². The summed E-state index contributed by atoms with van der Waals surface area (Å²) in [4.78, 5) is 24.7. The molecule has 2 amide bonds. The maximum Gasteiger partial charge on any atom is 0.422 e. The third-order valence-corrected chi connectivity index (χ3v) is 3.75. The van der Waals surface area contributed by atoms with E-state index in [1.54, 1.807) is 12.1 Å². The monoisotopic (exact) mass is 406 g/mol. The summed E-state index contributed by atoms with van der Waals surface area (Å²) in [5.74, 6) is 0.604. The summed E-state index contributed by atoms with van der Waals surface area (Å²) in [5, 5.41) is 3.75. The lowest BCUT2D eigenvalue weighted by atomic mass is 10.2. The number of hydrogen-bond donors (Lipinski definition) is 2. The smallest absolute Gasteiger partial charge is 0.422 e. The number of rotatable bonds is 10. The van der Waals surface area contributed by atoms with Gasteiger partial charge < -0.3 is 4.74 Å². The Hall–Kier alpha value is -2.12. The average molecular weight is 407 g/mol. The molecule has 1 rings (SSSR count). The molecule has 7 heteroatoms. The molecule has 0 spiro atoms. The molecule has 0 heterocycles. The Morgan fingerprint density at radius 1 is 0.897 bits per heavy atom. The number of nitrogens with zero attached hydrogens (tertiary/aromatic N) is 2. The van der Waals surface area contributed by atoms with Gasteiger partial charge in [0, 0.05) is 31.7 Å². The van der Waals surface area contributed by atoms with E-state index >= 15 is 0 Å². The SMILES string of the molecule is CC(C)CN(CCN(CC(C)C)NC(=O)c1ccccc1)NC(=O)OC(C)(C)C. The number of carbonyl (C=O) groups is 2. The molecule has 0 aromatic heterocycles. The van der Waals surface area contributed by atoms with E-state index in [1.807, 2.05) is 49.0 Å². The first-order valence-electron chi connectivity index (χ1n) is 10.3. The number of ether oxygens (including phenoxy) is 1. The highest BCUT2D eigenvalue weighted by molar-refractivity contribution is 5.93. The molecular formula is C22H38N4O3. The van der Waals surface area contributed by atoms with Crippen LogP contribution < -0.4 is 10.9 Å². The van der Waals surface area contributed by atoms with Crippen LogP contribution in [0, 0.1) is 11.8 Å². The van der Waals surface area contributed by atoms with Gasteiger partial charge in [0.05, 0.1) is 0 Å². The van der Waals surface area contributed by atoms with Crippen molar-refractivity contribution < 1.29 is 14.3 Å². The fourth-order valence-electron chi connectivity index (χ4n) is 2.74. The first kappa shape index (κ1) is 24.9. The van der Waals surface area contributed by atoms with Crippen molar-refractivity contribution in [3.05, 3.63) is 35.9 Å². The van der Waals surface area contributed by atoms with Crippen LogP contribution in [0.2, 0.25) is 0 Å². The zero-order valence-corrected chi connectivity index (χ0v) is 19.0. The molecule has 2 N–H and O–H groups in total. The number of amides is 2. The largest absolute Gasteiger partial charge is 0.443 e. The number of carbonyl (C=O) groups excluding carboxylic acids is 2. The Morgan fingerprint density at radius 2 is 1.38 bits per heavy atom. The zero-order chi connectivity index (χ0) is 22.0. The molecule has 0 aliphatic rings. The highest BCUT2D eigenvalue weighted by Gasteiger charge is 2.20. The molecule has 0 aliphatic carbocycles. The molecule has 1 aromatic rings. The summed E-state index contributed by atoms with van der Waals surface area (Å²) in [7, 11) is 0. The minimum Gasteiger partial charge on any atom is -0.443 e. The van der Waals surface area contributed by atoms with Crippen LogP contribution in [-0.4, -0.2) is 53.8 Å². The number of hydrazine groups is 2. The van der Waals surface area contributed by atoms with Crippen LogP contribution in [0.25, 0.3) is 0 Å². The van der Waals surface area contributed by atoms with Gasteiger partial charge in [-0.15, -0.1) is 0 Å². The van der Waals surface area contributed by atoms with Crippen LogP contribution in [0.1, 0.15) is 58.8 Å². The van der Waals surface area contributed by atoms with Crippen LogP contribution in [0.5, 0.6) is 0 Å². The fraction of sp³-hybridized carbons (Fsp3) is 0.636. The Morgan fingerprint density at radius 3 is 1.83 bits per heavy atom. The van der Waals surface area contributed by atoms with Crippen LogP contribution in [0.4, 0.5) is 4.79 Å². The van der Waals surface area contributed by atoms with Crippen LogP contribution in [0.3, 0.4) is 0 Å². The maximum absolute atomic E-state index is 12.5. The summed E-state index contributed by atoms with van der Waals surface area (Å²) in [6.07, 6.45) is -0.470. The Kier molecular flexibility index (Phi) is 10.1. The van der Waals surface area contributed by atoms with E-state index in [0.717, 1.165) is 0 Å². The number of hydrogen-bond acceptors (Lipinski definition) is 5. The lowest BCUT2D eigenvalue weighted by Gasteiger charge is -2.30. The topological polar surface area (TPSA) is 73.9 Å². The molecule has 0 bridgehead atoms. The van der Waals surface area contributed by atoms with Gasteiger partial charge in [-0.25, -0.2) is 14.8 Å². The molecule has 0 saturated heterocycles. The van der Waals surface area contributed by atoms with Gasteiger partial charge in [-0.1, -0.05) is 45.9 Å². The summed E-state index contributed by atoms with van der Waals surface area (Å²) in [5.41, 5.74) is 5.88. The van der Waals surface area contributed by atoms with Gasteiger partial charge >= 0.3 is 6.09 Å². The second kappa shape index (κ2) is 11.8. The molecule has 7 nitrogen and oxygen atoms in total. The van der Waals surface area contributed by atoms with Crippen molar-refractivity contribution in [1.29, 1.82) is 0 Å². The normalized spacial score (nSPS) is 12.0. The van der Waals surface area contributed by atoms with Crippen molar-refractivity contribution in [2.75, 3.05) is 26.2 Å². The van der Waals surface area contributed by atoms with Crippen molar-refractivity contribution in [2.24, 2.45) is 11.8 Å². The summed E-state index contributed by atoms with van der Waals surface area (Å²) < 4.78 is 5.37. The van der Waals surface area contributed by atoms with Crippen molar-refractivity contribution in [2.45, 2.75) is 54.1 Å². The van der Waals surface area contributed by atoms with Gasteiger partial charge in [0.15, 0.2) is 0 Å². The Labute approximate surface area is 175 Å². The minimum atomic E-state index is -0.555. The van der Waals surface area contributed by atoms with E-state index in [2.05, 4.69) is 38.5 Å². The lowest BCUT2D eigenvalue weighted by molar-refractivity contribution is 0.0268. The molecule has 29 heavy (non-hydrogen) atoms. The van der Waals surface area contributed by atoms with Crippen LogP contribution >= 0.6 is 0 Å². The molecule has 0 atom stereocenters. The predicted octanol–water partition coefficient (Wildman–Crippen LogP) is 3.69. The standard InChI is InChI=1S/C22H38N4O3/c1-17(2)15-25(23-20(27)19-11-9-8-10-12-19)13-14-26(16-18(3)4)24-21(28)29-22(5,6)7/h8-12,17-18H,13-16H2,1-7H3,(H,23,27)(H,24,28). The highest BCUT2D eigenvalue weighted by atomic mass is 16.6.